The first-order valence-corrected chi connectivity index (χ1v) is 5.42. The molecule has 0 N–H and O–H groups in total. The number of alkyl halides is 13. The molecule has 3 nitrogen and oxygen atoms in total. The fraction of sp³-hybridized carbons (Fsp3) is 0.889. The fourth-order valence-corrected chi connectivity index (χ4v) is 1.08. The molecule has 0 saturated carbocycles. The maximum absolute atomic E-state index is 13.0. The summed E-state index contributed by atoms with van der Waals surface area (Å²) in [7, 11) is 0. The molecule has 0 radical (unpaired) electrons. The molecule has 0 aliphatic heterocycles. The zero-order chi connectivity index (χ0) is 20.7. The van der Waals surface area contributed by atoms with Crippen molar-refractivity contribution in [1.82, 2.24) is 0 Å². The van der Waals surface area contributed by atoms with E-state index < -0.39 is 48.4 Å². The van der Waals surface area contributed by atoms with Gasteiger partial charge >= 0.3 is 41.8 Å². The number of hydrogen-bond acceptors (Lipinski definition) is 3. The molecule has 0 bridgehead atoms. The summed E-state index contributed by atoms with van der Waals surface area (Å²) in [6.07, 6.45) is -7.47. The molecule has 0 fully saturated rings. The molecule has 0 aliphatic rings. The van der Waals surface area contributed by atoms with E-state index in [0.29, 0.717) is 6.92 Å². The second kappa shape index (κ2) is 6.35. The highest BCUT2D eigenvalue weighted by molar-refractivity contribution is 5.65. The van der Waals surface area contributed by atoms with Crippen LogP contribution in [0.1, 0.15) is 6.92 Å². The van der Waals surface area contributed by atoms with E-state index >= 15 is 0 Å². The van der Waals surface area contributed by atoms with Gasteiger partial charge < -0.3 is 0 Å². The van der Waals surface area contributed by atoms with Gasteiger partial charge in [0.25, 0.3) is 0 Å². The first-order chi connectivity index (χ1) is 10.7. The van der Waals surface area contributed by atoms with Crippen LogP contribution in [0.4, 0.5) is 57.1 Å². The first kappa shape index (κ1) is 23.5. The molecule has 0 atom stereocenters. The molecule has 0 unspecified atom stereocenters. The molecule has 0 saturated heterocycles. The number of rotatable bonds is 7. The largest absolute Gasteiger partial charge is 0.460 e. The molecular formula is C9H5F13O3. The van der Waals surface area contributed by atoms with Crippen LogP contribution in [0.15, 0.2) is 0 Å². The van der Waals surface area contributed by atoms with Gasteiger partial charge in [0.2, 0.25) is 0 Å². The van der Waals surface area contributed by atoms with Gasteiger partial charge in [-0.3, -0.25) is 4.89 Å². The minimum atomic E-state index is -7.98. The second-order valence-corrected chi connectivity index (χ2v) is 4.34. The average Bonchev–Trinajstić information content (AvgIpc) is 2.35. The topological polar surface area (TPSA) is 35.5 Å². The predicted molar refractivity (Wildman–Crippen MR) is 48.5 cm³/mol. The summed E-state index contributed by atoms with van der Waals surface area (Å²) in [5.41, 5.74) is 0. The van der Waals surface area contributed by atoms with Crippen molar-refractivity contribution in [2.75, 3.05) is 6.61 Å². The summed E-state index contributed by atoms with van der Waals surface area (Å²) in [5, 5.41) is 0. The van der Waals surface area contributed by atoms with E-state index in [-0.39, 0.29) is 0 Å². The third kappa shape index (κ3) is 3.72. The van der Waals surface area contributed by atoms with Crippen LogP contribution in [0.3, 0.4) is 0 Å². The quantitative estimate of drug-likeness (QED) is 0.360. The van der Waals surface area contributed by atoms with Gasteiger partial charge in [-0.15, -0.1) is 0 Å². The van der Waals surface area contributed by atoms with Crippen molar-refractivity contribution in [2.24, 2.45) is 0 Å². The van der Waals surface area contributed by atoms with Gasteiger partial charge in [0.15, 0.2) is 6.61 Å². The van der Waals surface area contributed by atoms with Crippen LogP contribution < -0.4 is 0 Å². The standard InChI is InChI=1S/C9H5F13O3/c1-3(23)25-24-2-4(10,11)5(12,13)6(14,15)7(16,17)8(18,19)9(20,21)22/h2H2,1H3. The summed E-state index contributed by atoms with van der Waals surface area (Å²) >= 11 is 0. The van der Waals surface area contributed by atoms with Crippen molar-refractivity contribution in [3.8, 4) is 0 Å². The van der Waals surface area contributed by atoms with Crippen molar-refractivity contribution >= 4 is 5.97 Å². The molecule has 16 heteroatoms. The maximum atomic E-state index is 13.0. The summed E-state index contributed by atoms with van der Waals surface area (Å²) < 4.78 is 164. The molecule has 150 valence electrons. The molecule has 0 spiro atoms. The normalized spacial score (nSPS) is 15.3. The third-order valence-electron chi connectivity index (χ3n) is 2.41. The minimum Gasteiger partial charge on any atom is -0.298 e. The van der Waals surface area contributed by atoms with Gasteiger partial charge in [-0.25, -0.2) is 4.79 Å². The van der Waals surface area contributed by atoms with Crippen molar-refractivity contribution in [1.29, 1.82) is 0 Å². The van der Waals surface area contributed by atoms with E-state index in [0.717, 1.165) is 0 Å². The summed E-state index contributed by atoms with van der Waals surface area (Å²) in [5.74, 6) is -39.2. The Labute approximate surface area is 128 Å². The van der Waals surface area contributed by atoms with Crippen molar-refractivity contribution < 1.29 is 71.6 Å². The van der Waals surface area contributed by atoms with E-state index in [4.69, 9.17) is 0 Å². The van der Waals surface area contributed by atoms with Crippen LogP contribution in [-0.2, 0) is 14.6 Å². The monoisotopic (exact) mass is 408 g/mol. The second-order valence-electron chi connectivity index (χ2n) is 4.34. The lowest BCUT2D eigenvalue weighted by Gasteiger charge is -2.39. The first-order valence-electron chi connectivity index (χ1n) is 5.42. The molecule has 0 aromatic rings. The van der Waals surface area contributed by atoms with Crippen LogP contribution in [0.5, 0.6) is 0 Å². The van der Waals surface area contributed by atoms with E-state index in [9.17, 15) is 61.9 Å². The van der Waals surface area contributed by atoms with Gasteiger partial charge in [0.05, 0.1) is 0 Å². The summed E-state index contributed by atoms with van der Waals surface area (Å²) in [4.78, 5) is 16.3. The van der Waals surface area contributed by atoms with Crippen molar-refractivity contribution in [3.63, 3.8) is 0 Å². The lowest BCUT2D eigenvalue weighted by atomic mass is 9.94. The zero-order valence-corrected chi connectivity index (χ0v) is 11.3. The lowest BCUT2D eigenvalue weighted by Crippen LogP contribution is -2.70. The highest BCUT2D eigenvalue weighted by Gasteiger charge is 2.90. The Morgan fingerprint density at radius 2 is 1.04 bits per heavy atom. The summed E-state index contributed by atoms with van der Waals surface area (Å²) in [6, 6.07) is 0. The number of carbonyl (C=O) groups is 1. The molecule has 0 aliphatic carbocycles. The Balaban J connectivity index is 5.90. The van der Waals surface area contributed by atoms with E-state index in [1.54, 1.807) is 0 Å². The minimum absolute atomic E-state index is 0.433. The van der Waals surface area contributed by atoms with Crippen LogP contribution >= 0.6 is 0 Å². The van der Waals surface area contributed by atoms with Crippen LogP contribution in [0, 0.1) is 0 Å². The zero-order valence-electron chi connectivity index (χ0n) is 11.3. The Morgan fingerprint density at radius 3 is 1.36 bits per heavy atom. The highest BCUT2D eigenvalue weighted by atomic mass is 19.4. The van der Waals surface area contributed by atoms with Gasteiger partial charge in [0.1, 0.15) is 0 Å². The van der Waals surface area contributed by atoms with Gasteiger partial charge in [-0.1, -0.05) is 0 Å². The van der Waals surface area contributed by atoms with Crippen LogP contribution in [-0.4, -0.2) is 48.4 Å². The van der Waals surface area contributed by atoms with Crippen LogP contribution in [0.25, 0.3) is 0 Å². The Hall–Kier alpha value is -1.48. The SMILES string of the molecule is CC(=O)OOCC(F)(F)C(F)(F)C(F)(F)C(F)(F)C(F)(F)C(F)(F)F. The Bertz CT molecular complexity index is 495. The molecule has 0 heterocycles. The number of carbonyl (C=O) groups excluding carboxylic acids is 1. The molecule has 0 aromatic carbocycles. The van der Waals surface area contributed by atoms with Gasteiger partial charge in [0, 0.05) is 6.92 Å². The maximum Gasteiger partial charge on any atom is 0.460 e. The van der Waals surface area contributed by atoms with E-state index in [1.165, 1.54) is 0 Å². The molecule has 0 rings (SSSR count). The fourth-order valence-electron chi connectivity index (χ4n) is 1.08. The highest BCUT2D eigenvalue weighted by Crippen LogP contribution is 2.60. The Kier molecular flexibility index (Phi) is 5.98. The lowest BCUT2D eigenvalue weighted by molar-refractivity contribution is -0.446. The van der Waals surface area contributed by atoms with Gasteiger partial charge in [-0.2, -0.15) is 62.0 Å². The van der Waals surface area contributed by atoms with Crippen molar-refractivity contribution in [3.05, 3.63) is 0 Å². The molecule has 0 amide bonds. The number of halogens is 13. The van der Waals surface area contributed by atoms with E-state index in [2.05, 4.69) is 9.78 Å². The summed E-state index contributed by atoms with van der Waals surface area (Å²) in [6.45, 7) is -2.62. The van der Waals surface area contributed by atoms with Crippen LogP contribution in [0.2, 0.25) is 0 Å². The van der Waals surface area contributed by atoms with Gasteiger partial charge in [-0.05, 0) is 0 Å². The predicted octanol–water partition coefficient (Wildman–Crippen LogP) is 4.22. The smallest absolute Gasteiger partial charge is 0.298 e. The number of hydrogen-bond donors (Lipinski definition) is 0. The Morgan fingerprint density at radius 1 is 0.680 bits per heavy atom. The average molecular weight is 408 g/mol. The third-order valence-corrected chi connectivity index (χ3v) is 2.41. The van der Waals surface area contributed by atoms with Crippen molar-refractivity contribution in [2.45, 2.75) is 42.7 Å². The molecule has 25 heavy (non-hydrogen) atoms. The molecular weight excluding hydrogens is 403 g/mol. The van der Waals surface area contributed by atoms with E-state index in [1.807, 2.05) is 0 Å². The molecule has 0 aromatic heterocycles.